The molecule has 0 N–H and O–H groups in total. The van der Waals surface area contributed by atoms with Crippen LogP contribution in [0, 0.1) is 5.92 Å². The largest absolute Gasteiger partial charge is 0.465 e. The summed E-state index contributed by atoms with van der Waals surface area (Å²) in [6.45, 7) is 3.91. The van der Waals surface area contributed by atoms with Crippen LogP contribution in [0.3, 0.4) is 0 Å². The molecule has 1 aliphatic carbocycles. The summed E-state index contributed by atoms with van der Waals surface area (Å²) in [6.07, 6.45) is 7.68. The van der Waals surface area contributed by atoms with Crippen molar-refractivity contribution in [3.05, 3.63) is 34.3 Å². The van der Waals surface area contributed by atoms with E-state index in [1.165, 1.54) is 44.1 Å². The SMILES string of the molecule is CCOC(=O)C(Cc1ccc(C2CCCCCC2)c(Cl)c1)C(=O)OCC. The fourth-order valence-electron chi connectivity index (χ4n) is 3.60. The molecule has 1 aromatic rings. The van der Waals surface area contributed by atoms with Crippen molar-refractivity contribution in [2.75, 3.05) is 13.2 Å². The Balaban J connectivity index is 2.14. The molecule has 1 aliphatic rings. The molecular formula is C21H29ClO4. The second-order valence-corrected chi connectivity index (χ2v) is 7.21. The predicted octanol–water partition coefficient (Wildman–Crippen LogP) is 5.06. The van der Waals surface area contributed by atoms with Crippen molar-refractivity contribution in [3.8, 4) is 0 Å². The summed E-state index contributed by atoms with van der Waals surface area (Å²) in [5.74, 6) is -1.54. The number of hydrogen-bond acceptors (Lipinski definition) is 4. The zero-order valence-electron chi connectivity index (χ0n) is 15.8. The lowest BCUT2D eigenvalue weighted by molar-refractivity contribution is -0.161. The molecule has 1 aromatic carbocycles. The van der Waals surface area contributed by atoms with E-state index in [0.717, 1.165) is 10.6 Å². The minimum absolute atomic E-state index is 0.232. The van der Waals surface area contributed by atoms with Crippen molar-refractivity contribution < 1.29 is 19.1 Å². The third-order valence-corrected chi connectivity index (χ3v) is 5.27. The van der Waals surface area contributed by atoms with Gasteiger partial charge < -0.3 is 9.47 Å². The second kappa shape index (κ2) is 10.6. The molecule has 0 radical (unpaired) electrons. The van der Waals surface area contributed by atoms with Crippen molar-refractivity contribution >= 4 is 23.5 Å². The van der Waals surface area contributed by atoms with E-state index in [1.807, 2.05) is 12.1 Å². The standard InChI is InChI=1S/C21H29ClO4/c1-3-25-20(23)18(21(24)26-4-2)13-15-11-12-17(19(22)14-15)16-9-7-5-6-8-10-16/h11-12,14,16,18H,3-10,13H2,1-2H3. The first-order chi connectivity index (χ1) is 12.6. The van der Waals surface area contributed by atoms with Crippen LogP contribution in [0.5, 0.6) is 0 Å². The summed E-state index contributed by atoms with van der Waals surface area (Å²) in [5, 5.41) is 0.723. The number of hydrogen-bond donors (Lipinski definition) is 0. The van der Waals surface area contributed by atoms with Gasteiger partial charge in [0.1, 0.15) is 0 Å². The lowest BCUT2D eigenvalue weighted by atomic mass is 9.90. The number of carbonyl (C=O) groups is 2. The first-order valence-corrected chi connectivity index (χ1v) is 10.1. The average molecular weight is 381 g/mol. The summed E-state index contributed by atoms with van der Waals surface area (Å²) in [5.41, 5.74) is 2.03. The van der Waals surface area contributed by atoms with Gasteiger partial charge in [-0.2, -0.15) is 0 Å². The molecule has 0 bridgehead atoms. The second-order valence-electron chi connectivity index (χ2n) is 6.81. The summed E-state index contributed by atoms with van der Waals surface area (Å²) in [4.78, 5) is 24.3. The highest BCUT2D eigenvalue weighted by Crippen LogP contribution is 2.36. The third-order valence-electron chi connectivity index (χ3n) is 4.94. The number of rotatable bonds is 7. The smallest absolute Gasteiger partial charge is 0.320 e. The Morgan fingerprint density at radius 3 is 2.12 bits per heavy atom. The Morgan fingerprint density at radius 2 is 1.62 bits per heavy atom. The van der Waals surface area contributed by atoms with E-state index in [9.17, 15) is 9.59 Å². The van der Waals surface area contributed by atoms with Crippen molar-refractivity contribution in [1.29, 1.82) is 0 Å². The summed E-state index contributed by atoms with van der Waals surface area (Å²) >= 11 is 6.55. The molecule has 1 saturated carbocycles. The molecule has 0 aliphatic heterocycles. The van der Waals surface area contributed by atoms with Gasteiger partial charge in [0.25, 0.3) is 0 Å². The van der Waals surface area contributed by atoms with E-state index in [1.54, 1.807) is 13.8 Å². The van der Waals surface area contributed by atoms with Gasteiger partial charge in [0.2, 0.25) is 0 Å². The molecule has 0 atom stereocenters. The number of carbonyl (C=O) groups excluding carboxylic acids is 2. The Morgan fingerprint density at radius 1 is 1.04 bits per heavy atom. The van der Waals surface area contributed by atoms with Gasteiger partial charge in [0.05, 0.1) is 13.2 Å². The Hall–Kier alpha value is -1.55. The van der Waals surface area contributed by atoms with Gasteiger partial charge in [-0.15, -0.1) is 0 Å². The lowest BCUT2D eigenvalue weighted by Crippen LogP contribution is -2.30. The van der Waals surface area contributed by atoms with Gasteiger partial charge in [-0.3, -0.25) is 9.59 Å². The van der Waals surface area contributed by atoms with Crippen LogP contribution < -0.4 is 0 Å². The van der Waals surface area contributed by atoms with E-state index in [-0.39, 0.29) is 19.6 Å². The fraction of sp³-hybridized carbons (Fsp3) is 0.619. The topological polar surface area (TPSA) is 52.6 Å². The summed E-state index contributed by atoms with van der Waals surface area (Å²) in [6, 6.07) is 5.91. The zero-order valence-corrected chi connectivity index (χ0v) is 16.5. The van der Waals surface area contributed by atoms with Gasteiger partial charge in [-0.25, -0.2) is 0 Å². The van der Waals surface area contributed by atoms with Gasteiger partial charge >= 0.3 is 11.9 Å². The molecule has 0 aromatic heterocycles. The number of benzene rings is 1. The molecule has 0 amide bonds. The van der Waals surface area contributed by atoms with E-state index in [4.69, 9.17) is 21.1 Å². The van der Waals surface area contributed by atoms with Crippen LogP contribution in [-0.2, 0) is 25.5 Å². The number of esters is 2. The first-order valence-electron chi connectivity index (χ1n) is 9.68. The Bertz CT molecular complexity index is 588. The monoisotopic (exact) mass is 380 g/mol. The maximum absolute atomic E-state index is 12.1. The van der Waals surface area contributed by atoms with Crippen molar-refractivity contribution in [2.45, 2.75) is 64.7 Å². The number of halogens is 1. The molecule has 4 nitrogen and oxygen atoms in total. The average Bonchev–Trinajstić information content (AvgIpc) is 2.89. The van der Waals surface area contributed by atoms with Crippen LogP contribution >= 0.6 is 11.6 Å². The predicted molar refractivity (Wildman–Crippen MR) is 102 cm³/mol. The highest BCUT2D eigenvalue weighted by atomic mass is 35.5. The molecule has 144 valence electrons. The van der Waals surface area contributed by atoms with Crippen LogP contribution in [0.15, 0.2) is 18.2 Å². The molecule has 1 fully saturated rings. The van der Waals surface area contributed by atoms with E-state index >= 15 is 0 Å². The van der Waals surface area contributed by atoms with Crippen LogP contribution in [0.25, 0.3) is 0 Å². The quantitative estimate of drug-likeness (QED) is 0.376. The van der Waals surface area contributed by atoms with Crippen molar-refractivity contribution in [1.82, 2.24) is 0 Å². The van der Waals surface area contributed by atoms with Crippen molar-refractivity contribution in [3.63, 3.8) is 0 Å². The third kappa shape index (κ3) is 5.73. The molecule has 0 spiro atoms. The Kier molecular flexibility index (Phi) is 8.43. The van der Waals surface area contributed by atoms with Crippen LogP contribution in [0.1, 0.15) is 69.4 Å². The van der Waals surface area contributed by atoms with Crippen LogP contribution in [-0.4, -0.2) is 25.2 Å². The van der Waals surface area contributed by atoms with Crippen LogP contribution in [0.2, 0.25) is 5.02 Å². The Labute approximate surface area is 161 Å². The summed E-state index contributed by atoms with van der Waals surface area (Å²) in [7, 11) is 0. The number of ether oxygens (including phenoxy) is 2. The fourth-order valence-corrected chi connectivity index (χ4v) is 3.96. The molecule has 2 rings (SSSR count). The molecular weight excluding hydrogens is 352 g/mol. The molecule has 0 heterocycles. The summed E-state index contributed by atoms with van der Waals surface area (Å²) < 4.78 is 10.1. The minimum atomic E-state index is -0.949. The normalized spacial score (nSPS) is 15.5. The highest BCUT2D eigenvalue weighted by molar-refractivity contribution is 6.31. The van der Waals surface area contributed by atoms with E-state index in [0.29, 0.717) is 5.92 Å². The molecule has 0 saturated heterocycles. The van der Waals surface area contributed by atoms with Gasteiger partial charge in [0, 0.05) is 5.02 Å². The maximum atomic E-state index is 12.1. The highest BCUT2D eigenvalue weighted by Gasteiger charge is 2.30. The minimum Gasteiger partial charge on any atom is -0.465 e. The van der Waals surface area contributed by atoms with Gasteiger partial charge in [-0.1, -0.05) is 49.4 Å². The molecule has 0 unspecified atom stereocenters. The van der Waals surface area contributed by atoms with Gasteiger partial charge in [0.15, 0.2) is 5.92 Å². The van der Waals surface area contributed by atoms with Crippen LogP contribution in [0.4, 0.5) is 0 Å². The van der Waals surface area contributed by atoms with E-state index in [2.05, 4.69) is 6.07 Å². The van der Waals surface area contributed by atoms with Gasteiger partial charge in [-0.05, 0) is 56.2 Å². The lowest BCUT2D eigenvalue weighted by Gasteiger charge is -2.18. The molecule has 5 heteroatoms. The van der Waals surface area contributed by atoms with E-state index < -0.39 is 17.9 Å². The molecule has 26 heavy (non-hydrogen) atoms. The maximum Gasteiger partial charge on any atom is 0.320 e. The van der Waals surface area contributed by atoms with Crippen molar-refractivity contribution in [2.24, 2.45) is 5.92 Å². The first kappa shape index (κ1) is 20.8. The zero-order chi connectivity index (χ0) is 18.9.